The highest BCUT2D eigenvalue weighted by Gasteiger charge is 1.93. The third-order valence-corrected chi connectivity index (χ3v) is 1.66. The summed E-state index contributed by atoms with van der Waals surface area (Å²) < 4.78 is 4.66. The van der Waals surface area contributed by atoms with Gasteiger partial charge in [-0.3, -0.25) is 4.79 Å². The van der Waals surface area contributed by atoms with Gasteiger partial charge in [0.25, 0.3) is 0 Å². The zero-order chi connectivity index (χ0) is 17.8. The van der Waals surface area contributed by atoms with Gasteiger partial charge in [-0.1, -0.05) is 77.1 Å². The Bertz CT molecular complexity index is 462. The van der Waals surface area contributed by atoms with E-state index in [-0.39, 0.29) is 0 Å². The molecule has 0 fully saturated rings. The van der Waals surface area contributed by atoms with Gasteiger partial charge in [-0.15, -0.1) is 6.42 Å². The van der Waals surface area contributed by atoms with Crippen LogP contribution in [0.5, 0.6) is 5.75 Å². The molecule has 0 saturated heterocycles. The highest BCUT2D eigenvalue weighted by atomic mass is 16.5. The second kappa shape index (κ2) is 20.8. The maximum Gasteiger partial charge on any atom is 0.311 e. The second-order valence-electron chi connectivity index (χ2n) is 2.99. The molecule has 0 aliphatic heterocycles. The van der Waals surface area contributed by atoms with Gasteiger partial charge in [0.2, 0.25) is 0 Å². The van der Waals surface area contributed by atoms with E-state index in [9.17, 15) is 4.79 Å². The molecule has 1 radical (unpaired) electrons. The van der Waals surface area contributed by atoms with Crippen molar-refractivity contribution in [3.63, 3.8) is 0 Å². The molecule has 0 aromatic heterocycles. The van der Waals surface area contributed by atoms with E-state index in [1.165, 1.54) is 0 Å². The Morgan fingerprint density at radius 2 is 1.64 bits per heavy atom. The minimum Gasteiger partial charge on any atom is -0.427 e. The van der Waals surface area contributed by atoms with Crippen molar-refractivity contribution in [3.8, 4) is 18.1 Å². The largest absolute Gasteiger partial charge is 0.427 e. The molecule has 0 aliphatic rings. The van der Waals surface area contributed by atoms with Crippen LogP contribution in [0.3, 0.4) is 0 Å². The Labute approximate surface area is 136 Å². The SMILES string of the molecule is C#C/C(C=C)=C/C=C.CC.CC.[CH2]C(=O)Oc1ccccc1. The summed E-state index contributed by atoms with van der Waals surface area (Å²) in [5, 5.41) is 0. The van der Waals surface area contributed by atoms with E-state index in [2.05, 4.69) is 30.7 Å². The maximum atomic E-state index is 10.3. The molecule has 0 saturated carbocycles. The van der Waals surface area contributed by atoms with Crippen molar-refractivity contribution in [2.24, 2.45) is 0 Å². The Balaban J connectivity index is -0.000000272. The summed E-state index contributed by atoms with van der Waals surface area (Å²) in [5.41, 5.74) is 0.764. The number of hydrogen-bond acceptors (Lipinski definition) is 2. The first-order valence-corrected chi connectivity index (χ1v) is 7.14. The van der Waals surface area contributed by atoms with Crippen LogP contribution < -0.4 is 4.74 Å². The number of terminal acetylenes is 1. The van der Waals surface area contributed by atoms with Crippen LogP contribution in [0.15, 0.2) is 67.3 Å². The van der Waals surface area contributed by atoms with Gasteiger partial charge in [-0.05, 0) is 18.2 Å². The lowest BCUT2D eigenvalue weighted by atomic mass is 10.2. The lowest BCUT2D eigenvalue weighted by molar-refractivity contribution is -0.129. The molecule has 0 bridgehead atoms. The lowest BCUT2D eigenvalue weighted by Gasteiger charge is -1.97. The molecule has 2 heteroatoms. The molecule has 119 valence electrons. The van der Waals surface area contributed by atoms with E-state index >= 15 is 0 Å². The zero-order valence-corrected chi connectivity index (χ0v) is 14.1. The van der Waals surface area contributed by atoms with Gasteiger partial charge in [0.15, 0.2) is 0 Å². The predicted octanol–water partition coefficient (Wildman–Crippen LogP) is 5.40. The first-order valence-electron chi connectivity index (χ1n) is 7.14. The van der Waals surface area contributed by atoms with Crippen LogP contribution in [0, 0.1) is 19.3 Å². The van der Waals surface area contributed by atoms with Crippen molar-refractivity contribution in [2.45, 2.75) is 27.7 Å². The van der Waals surface area contributed by atoms with Gasteiger partial charge in [0.05, 0.1) is 6.92 Å². The van der Waals surface area contributed by atoms with Crippen molar-refractivity contribution >= 4 is 5.97 Å². The Kier molecular flexibility index (Phi) is 23.1. The average Bonchev–Trinajstić information content (AvgIpc) is 2.57. The molecule has 0 amide bonds. The van der Waals surface area contributed by atoms with Crippen LogP contribution in [-0.4, -0.2) is 5.97 Å². The van der Waals surface area contributed by atoms with Crippen LogP contribution in [0.2, 0.25) is 0 Å². The van der Waals surface area contributed by atoms with E-state index in [1.54, 1.807) is 42.5 Å². The fourth-order valence-electron chi connectivity index (χ4n) is 0.922. The summed E-state index contributed by atoms with van der Waals surface area (Å²) in [6.45, 7) is 18.0. The van der Waals surface area contributed by atoms with Gasteiger partial charge in [-0.25, -0.2) is 0 Å². The maximum absolute atomic E-state index is 10.3. The van der Waals surface area contributed by atoms with Crippen LogP contribution in [0.1, 0.15) is 27.7 Å². The van der Waals surface area contributed by atoms with E-state index < -0.39 is 5.97 Å². The fourth-order valence-corrected chi connectivity index (χ4v) is 0.922. The van der Waals surface area contributed by atoms with Crippen LogP contribution >= 0.6 is 0 Å². The number of hydrogen-bond donors (Lipinski definition) is 0. The molecule has 0 aliphatic carbocycles. The number of esters is 1. The molecule has 0 N–H and O–H groups in total. The van der Waals surface area contributed by atoms with E-state index in [0.717, 1.165) is 5.57 Å². The predicted molar refractivity (Wildman–Crippen MR) is 97.4 cm³/mol. The topological polar surface area (TPSA) is 26.3 Å². The first kappa shape index (κ1) is 24.5. The summed E-state index contributed by atoms with van der Waals surface area (Å²) in [4.78, 5) is 10.3. The number of allylic oxidation sites excluding steroid dienone is 4. The fraction of sp³-hybridized carbons (Fsp3) is 0.200. The normalized spacial score (nSPS) is 8.09. The monoisotopic (exact) mass is 299 g/mol. The lowest BCUT2D eigenvalue weighted by Crippen LogP contribution is -2.00. The summed E-state index contributed by atoms with van der Waals surface area (Å²) in [7, 11) is 0. The van der Waals surface area contributed by atoms with Crippen LogP contribution in [-0.2, 0) is 4.79 Å². The van der Waals surface area contributed by atoms with Crippen LogP contribution in [0.25, 0.3) is 0 Å². The minimum absolute atomic E-state index is 0.530. The number of ether oxygens (including phenoxy) is 1. The summed E-state index contributed by atoms with van der Waals surface area (Å²) in [5.74, 6) is 2.42. The molecular weight excluding hydrogens is 272 g/mol. The van der Waals surface area contributed by atoms with E-state index in [0.29, 0.717) is 5.75 Å². The zero-order valence-electron chi connectivity index (χ0n) is 14.1. The third-order valence-electron chi connectivity index (χ3n) is 1.66. The van der Waals surface area contributed by atoms with Crippen molar-refractivity contribution in [1.82, 2.24) is 0 Å². The molecular formula is C20H27O2. The number of benzene rings is 1. The molecule has 1 rings (SSSR count). The molecule has 0 unspecified atom stereocenters. The Hall–Kier alpha value is -2.53. The van der Waals surface area contributed by atoms with Gasteiger partial charge in [0.1, 0.15) is 5.75 Å². The summed E-state index contributed by atoms with van der Waals surface area (Å²) in [6, 6.07) is 8.82. The summed E-state index contributed by atoms with van der Waals surface area (Å²) in [6.07, 6.45) is 10.0. The molecule has 1 aromatic carbocycles. The average molecular weight is 299 g/mol. The number of carbonyl (C=O) groups excluding carboxylic acids is 1. The third kappa shape index (κ3) is 17.5. The van der Waals surface area contributed by atoms with Crippen molar-refractivity contribution in [2.75, 3.05) is 0 Å². The Morgan fingerprint density at radius 1 is 1.14 bits per heavy atom. The van der Waals surface area contributed by atoms with Crippen molar-refractivity contribution in [1.29, 1.82) is 0 Å². The van der Waals surface area contributed by atoms with Gasteiger partial charge >= 0.3 is 5.97 Å². The van der Waals surface area contributed by atoms with Gasteiger partial charge in [-0.2, -0.15) is 0 Å². The number of carbonyl (C=O) groups is 1. The quantitative estimate of drug-likeness (QED) is 0.323. The molecule has 0 spiro atoms. The molecule has 2 nitrogen and oxygen atoms in total. The first-order chi connectivity index (χ1) is 10.6. The van der Waals surface area contributed by atoms with E-state index in [4.69, 9.17) is 6.42 Å². The van der Waals surface area contributed by atoms with Gasteiger partial charge in [0, 0.05) is 5.57 Å². The van der Waals surface area contributed by atoms with Crippen LogP contribution in [0.4, 0.5) is 0 Å². The molecule has 22 heavy (non-hydrogen) atoms. The van der Waals surface area contributed by atoms with E-state index in [1.807, 2.05) is 33.8 Å². The van der Waals surface area contributed by atoms with Crippen molar-refractivity contribution in [3.05, 3.63) is 74.2 Å². The smallest absolute Gasteiger partial charge is 0.311 e. The standard InChI is InChI=1S/C8H7O2.C8H8.2C2H6/c1-7(9)10-8-5-3-2-4-6-8;1-4-7-8(5-2)6-3;2*1-2/h2-6H,1H2;2,4,6-7H,1,3H2;2*1-2H3/b;8-7-;;. The second-order valence-corrected chi connectivity index (χ2v) is 2.99. The Morgan fingerprint density at radius 3 is 1.91 bits per heavy atom. The highest BCUT2D eigenvalue weighted by molar-refractivity contribution is 5.76. The summed E-state index contributed by atoms with van der Waals surface area (Å²) >= 11 is 0. The number of para-hydroxylation sites is 1. The van der Waals surface area contributed by atoms with Gasteiger partial charge < -0.3 is 4.74 Å². The van der Waals surface area contributed by atoms with Crippen molar-refractivity contribution < 1.29 is 9.53 Å². The molecule has 0 heterocycles. The highest BCUT2D eigenvalue weighted by Crippen LogP contribution is 2.07. The molecule has 0 atom stereocenters. The minimum atomic E-state index is -0.536. The molecule has 1 aromatic rings. The number of rotatable bonds is 3.